The Bertz CT molecular complexity index is 560. The Morgan fingerprint density at radius 2 is 2.29 bits per heavy atom. The molecule has 0 radical (unpaired) electrons. The second-order valence-electron chi connectivity index (χ2n) is 3.89. The highest BCUT2D eigenvalue weighted by molar-refractivity contribution is 5.81. The maximum absolute atomic E-state index is 8.89. The minimum absolute atomic E-state index is 0.705. The van der Waals surface area contributed by atoms with E-state index in [-0.39, 0.29) is 0 Å². The van der Waals surface area contributed by atoms with Gasteiger partial charge < -0.3 is 9.88 Å². The van der Waals surface area contributed by atoms with Crippen LogP contribution >= 0.6 is 0 Å². The molecule has 3 heteroatoms. The van der Waals surface area contributed by atoms with Crippen molar-refractivity contribution in [3.63, 3.8) is 0 Å². The summed E-state index contributed by atoms with van der Waals surface area (Å²) in [6.07, 6.45) is 3.91. The SMILES string of the molecule is C=CCNCCn1ccc2ccc(C#N)cc21. The number of hydrogen-bond donors (Lipinski definition) is 1. The molecule has 0 saturated carbocycles. The topological polar surface area (TPSA) is 40.8 Å². The lowest BCUT2D eigenvalue weighted by molar-refractivity contribution is 0.641. The first kappa shape index (κ1) is 11.4. The zero-order valence-electron chi connectivity index (χ0n) is 9.69. The van der Waals surface area contributed by atoms with Gasteiger partial charge in [-0.25, -0.2) is 0 Å². The molecular formula is C14H15N3. The molecule has 1 heterocycles. The van der Waals surface area contributed by atoms with E-state index in [9.17, 15) is 0 Å². The van der Waals surface area contributed by atoms with E-state index in [0.29, 0.717) is 5.56 Å². The standard InChI is InChI=1S/C14H15N3/c1-2-6-16-7-9-17-8-5-13-4-3-12(11-15)10-14(13)17/h2-5,8,10,16H,1,6-7,9H2. The second-order valence-corrected chi connectivity index (χ2v) is 3.89. The van der Waals surface area contributed by atoms with Crippen LogP contribution in [0.15, 0.2) is 43.1 Å². The van der Waals surface area contributed by atoms with E-state index < -0.39 is 0 Å². The van der Waals surface area contributed by atoms with Gasteiger partial charge in [-0.05, 0) is 23.6 Å². The van der Waals surface area contributed by atoms with E-state index in [1.807, 2.05) is 24.3 Å². The smallest absolute Gasteiger partial charge is 0.0992 e. The summed E-state index contributed by atoms with van der Waals surface area (Å²) in [5.74, 6) is 0. The summed E-state index contributed by atoms with van der Waals surface area (Å²) in [6, 6.07) is 10.0. The first-order chi connectivity index (χ1) is 8.35. The van der Waals surface area contributed by atoms with Gasteiger partial charge in [-0.1, -0.05) is 12.1 Å². The van der Waals surface area contributed by atoms with Crippen molar-refractivity contribution >= 4 is 10.9 Å². The Labute approximate surface area is 101 Å². The molecule has 0 spiro atoms. The number of rotatable bonds is 5. The number of nitriles is 1. The van der Waals surface area contributed by atoms with Gasteiger partial charge in [0.1, 0.15) is 0 Å². The van der Waals surface area contributed by atoms with Crippen molar-refractivity contribution in [1.29, 1.82) is 5.26 Å². The summed E-state index contributed by atoms with van der Waals surface area (Å²) < 4.78 is 2.16. The third-order valence-corrected chi connectivity index (χ3v) is 2.72. The van der Waals surface area contributed by atoms with Gasteiger partial charge in [0.15, 0.2) is 0 Å². The molecule has 0 saturated heterocycles. The van der Waals surface area contributed by atoms with Gasteiger partial charge in [0.25, 0.3) is 0 Å². The van der Waals surface area contributed by atoms with Gasteiger partial charge in [-0.3, -0.25) is 0 Å². The highest BCUT2D eigenvalue weighted by Crippen LogP contribution is 2.17. The summed E-state index contributed by atoms with van der Waals surface area (Å²) in [5.41, 5.74) is 1.82. The molecule has 17 heavy (non-hydrogen) atoms. The second kappa shape index (κ2) is 5.33. The highest BCUT2D eigenvalue weighted by Gasteiger charge is 2.01. The molecule has 0 bridgehead atoms. The van der Waals surface area contributed by atoms with Crippen molar-refractivity contribution < 1.29 is 0 Å². The fourth-order valence-corrected chi connectivity index (χ4v) is 1.85. The number of fused-ring (bicyclic) bond motifs is 1. The van der Waals surface area contributed by atoms with Crippen LogP contribution in [0.2, 0.25) is 0 Å². The molecule has 1 aromatic heterocycles. The fourth-order valence-electron chi connectivity index (χ4n) is 1.85. The van der Waals surface area contributed by atoms with Gasteiger partial charge >= 0.3 is 0 Å². The van der Waals surface area contributed by atoms with Crippen molar-refractivity contribution in [3.8, 4) is 6.07 Å². The quantitative estimate of drug-likeness (QED) is 0.626. The number of hydrogen-bond acceptors (Lipinski definition) is 2. The van der Waals surface area contributed by atoms with Gasteiger partial charge in [0.2, 0.25) is 0 Å². The molecule has 3 nitrogen and oxygen atoms in total. The van der Waals surface area contributed by atoms with E-state index >= 15 is 0 Å². The molecule has 0 aliphatic rings. The largest absolute Gasteiger partial charge is 0.346 e. The van der Waals surface area contributed by atoms with Gasteiger partial charge in [0.05, 0.1) is 11.6 Å². The normalized spacial score (nSPS) is 10.3. The predicted octanol–water partition coefficient (Wildman–Crippen LogP) is 2.29. The third-order valence-electron chi connectivity index (χ3n) is 2.72. The number of benzene rings is 1. The van der Waals surface area contributed by atoms with Crippen LogP contribution in [0.25, 0.3) is 10.9 Å². The summed E-state index contributed by atoms with van der Waals surface area (Å²) in [4.78, 5) is 0. The van der Waals surface area contributed by atoms with Crippen LogP contribution in [0.3, 0.4) is 0 Å². The first-order valence-electron chi connectivity index (χ1n) is 5.66. The molecule has 1 N–H and O–H groups in total. The first-order valence-corrected chi connectivity index (χ1v) is 5.66. The molecule has 1 aromatic carbocycles. The number of nitrogens with zero attached hydrogens (tertiary/aromatic N) is 2. The van der Waals surface area contributed by atoms with Crippen LogP contribution in [-0.4, -0.2) is 17.7 Å². The molecule has 86 valence electrons. The molecule has 0 amide bonds. The van der Waals surface area contributed by atoms with Crippen LogP contribution in [0.5, 0.6) is 0 Å². The van der Waals surface area contributed by atoms with Gasteiger partial charge in [0, 0.05) is 31.3 Å². The van der Waals surface area contributed by atoms with Crippen molar-refractivity contribution in [2.75, 3.05) is 13.1 Å². The van der Waals surface area contributed by atoms with Crippen LogP contribution in [0.1, 0.15) is 5.56 Å². The van der Waals surface area contributed by atoms with Gasteiger partial charge in [-0.2, -0.15) is 5.26 Å². The van der Waals surface area contributed by atoms with E-state index in [0.717, 1.165) is 25.2 Å². The van der Waals surface area contributed by atoms with Crippen LogP contribution in [-0.2, 0) is 6.54 Å². The lowest BCUT2D eigenvalue weighted by Gasteiger charge is -2.06. The lowest BCUT2D eigenvalue weighted by atomic mass is 10.2. The summed E-state index contributed by atoms with van der Waals surface area (Å²) >= 11 is 0. The summed E-state index contributed by atoms with van der Waals surface area (Å²) in [5, 5.41) is 13.3. The third kappa shape index (κ3) is 2.55. The zero-order valence-corrected chi connectivity index (χ0v) is 9.69. The summed E-state index contributed by atoms with van der Waals surface area (Å²) in [7, 11) is 0. The van der Waals surface area contributed by atoms with E-state index in [1.165, 1.54) is 5.39 Å². The van der Waals surface area contributed by atoms with E-state index in [4.69, 9.17) is 5.26 Å². The molecule has 0 fully saturated rings. The Morgan fingerprint density at radius 3 is 3.06 bits per heavy atom. The number of aromatic nitrogens is 1. The van der Waals surface area contributed by atoms with E-state index in [1.54, 1.807) is 0 Å². The molecule has 0 atom stereocenters. The lowest BCUT2D eigenvalue weighted by Crippen LogP contribution is -2.19. The van der Waals surface area contributed by atoms with Crippen LogP contribution in [0.4, 0.5) is 0 Å². The van der Waals surface area contributed by atoms with Crippen molar-refractivity contribution in [1.82, 2.24) is 9.88 Å². The summed E-state index contributed by atoms with van der Waals surface area (Å²) in [6.45, 7) is 6.28. The highest BCUT2D eigenvalue weighted by atomic mass is 15.0. The van der Waals surface area contributed by atoms with Crippen molar-refractivity contribution in [2.45, 2.75) is 6.54 Å². The van der Waals surface area contributed by atoms with E-state index in [2.05, 4.69) is 34.8 Å². The Morgan fingerprint density at radius 1 is 1.41 bits per heavy atom. The molecule has 0 aliphatic carbocycles. The Balaban J connectivity index is 2.17. The van der Waals surface area contributed by atoms with Crippen molar-refractivity contribution in [2.24, 2.45) is 0 Å². The maximum Gasteiger partial charge on any atom is 0.0992 e. The van der Waals surface area contributed by atoms with Crippen molar-refractivity contribution in [3.05, 3.63) is 48.7 Å². The average Bonchev–Trinajstić information content (AvgIpc) is 2.77. The molecule has 2 rings (SSSR count). The predicted molar refractivity (Wildman–Crippen MR) is 69.7 cm³/mol. The van der Waals surface area contributed by atoms with Gasteiger partial charge in [-0.15, -0.1) is 6.58 Å². The monoisotopic (exact) mass is 225 g/mol. The Hall–Kier alpha value is -2.05. The molecule has 0 aliphatic heterocycles. The molecule has 2 aromatic rings. The number of nitrogens with one attached hydrogen (secondary N) is 1. The molecule has 0 unspecified atom stereocenters. The fraction of sp³-hybridized carbons (Fsp3) is 0.214. The minimum Gasteiger partial charge on any atom is -0.346 e. The zero-order chi connectivity index (χ0) is 12.1. The minimum atomic E-state index is 0.705. The molecular weight excluding hydrogens is 210 g/mol. The van der Waals surface area contributed by atoms with Crippen LogP contribution in [0, 0.1) is 11.3 Å². The average molecular weight is 225 g/mol. The maximum atomic E-state index is 8.89. The van der Waals surface area contributed by atoms with Crippen LogP contribution < -0.4 is 5.32 Å². The Kier molecular flexibility index (Phi) is 3.59.